The second-order valence-corrected chi connectivity index (χ2v) is 5.05. The lowest BCUT2D eigenvalue weighted by Gasteiger charge is -2.21. The molecule has 0 spiro atoms. The Kier molecular flexibility index (Phi) is 5.40. The molecule has 8 heteroatoms. The topological polar surface area (TPSA) is 85.8 Å². The highest BCUT2D eigenvalue weighted by Crippen LogP contribution is 2.20. The molecule has 1 heterocycles. The summed E-state index contributed by atoms with van der Waals surface area (Å²) in [6.45, 7) is 3.66. The van der Waals surface area contributed by atoms with Crippen molar-refractivity contribution >= 4 is 24.0 Å². The number of rotatable bonds is 4. The lowest BCUT2D eigenvalue weighted by Crippen LogP contribution is -2.37. The highest BCUT2D eigenvalue weighted by Gasteiger charge is 2.25. The second kappa shape index (κ2) is 6.64. The van der Waals surface area contributed by atoms with Crippen molar-refractivity contribution < 1.29 is 9.18 Å². The van der Waals surface area contributed by atoms with E-state index in [1.807, 2.05) is 0 Å². The Morgan fingerprint density at radius 1 is 1.48 bits per heavy atom. The van der Waals surface area contributed by atoms with Crippen LogP contribution < -0.4 is 11.1 Å². The minimum absolute atomic E-state index is 0. The van der Waals surface area contributed by atoms with Crippen LogP contribution in [0.2, 0.25) is 0 Å². The van der Waals surface area contributed by atoms with E-state index in [1.54, 1.807) is 19.9 Å². The molecule has 1 aromatic carbocycles. The SMILES string of the molecule is CC(C)(CN)C(=O)Nc1ccc(-n2cncn2)c(F)c1.Cl. The first-order valence-corrected chi connectivity index (χ1v) is 6.10. The number of benzene rings is 1. The molecule has 0 saturated heterocycles. The minimum Gasteiger partial charge on any atom is -0.329 e. The van der Waals surface area contributed by atoms with E-state index in [1.165, 1.54) is 29.5 Å². The zero-order chi connectivity index (χ0) is 14.8. The molecule has 3 N–H and O–H groups in total. The maximum Gasteiger partial charge on any atom is 0.231 e. The molecule has 0 aliphatic heterocycles. The van der Waals surface area contributed by atoms with Crippen LogP contribution in [0.5, 0.6) is 0 Å². The molecule has 2 rings (SSSR count). The average molecular weight is 314 g/mol. The van der Waals surface area contributed by atoms with Gasteiger partial charge in [0.05, 0.1) is 5.41 Å². The average Bonchev–Trinajstić information content (AvgIpc) is 2.92. The van der Waals surface area contributed by atoms with Crippen LogP contribution in [0.15, 0.2) is 30.9 Å². The van der Waals surface area contributed by atoms with Crippen LogP contribution in [-0.2, 0) is 4.79 Å². The molecule has 0 fully saturated rings. The molecule has 0 aliphatic rings. The number of anilines is 1. The van der Waals surface area contributed by atoms with Gasteiger partial charge in [0.15, 0.2) is 5.82 Å². The van der Waals surface area contributed by atoms with E-state index in [0.717, 1.165) is 0 Å². The maximum atomic E-state index is 14.0. The number of nitrogens with two attached hydrogens (primary N) is 1. The minimum atomic E-state index is -0.707. The van der Waals surface area contributed by atoms with Gasteiger partial charge in [-0.3, -0.25) is 4.79 Å². The fourth-order valence-corrected chi connectivity index (χ4v) is 1.50. The molecular formula is C13H17ClFN5O. The van der Waals surface area contributed by atoms with Crippen molar-refractivity contribution in [1.82, 2.24) is 14.8 Å². The van der Waals surface area contributed by atoms with E-state index < -0.39 is 11.2 Å². The fraction of sp³-hybridized carbons (Fsp3) is 0.308. The molecular weight excluding hydrogens is 297 g/mol. The lowest BCUT2D eigenvalue weighted by atomic mass is 9.92. The molecule has 21 heavy (non-hydrogen) atoms. The van der Waals surface area contributed by atoms with Crippen molar-refractivity contribution in [2.75, 3.05) is 11.9 Å². The van der Waals surface area contributed by atoms with Gasteiger partial charge in [0.1, 0.15) is 18.3 Å². The first-order chi connectivity index (χ1) is 9.44. The van der Waals surface area contributed by atoms with Crippen molar-refractivity contribution in [3.63, 3.8) is 0 Å². The summed E-state index contributed by atoms with van der Waals surface area (Å²) in [7, 11) is 0. The standard InChI is InChI=1S/C13H16FN5O.ClH/c1-13(2,6-15)12(20)18-9-3-4-11(10(14)5-9)19-8-16-7-17-19;/h3-5,7-8H,6,15H2,1-2H3,(H,18,20);1H. The maximum absolute atomic E-state index is 14.0. The van der Waals surface area contributed by atoms with Crippen LogP contribution in [-0.4, -0.2) is 27.2 Å². The summed E-state index contributed by atoms with van der Waals surface area (Å²) in [6, 6.07) is 4.36. The number of hydrogen-bond donors (Lipinski definition) is 2. The van der Waals surface area contributed by atoms with Crippen molar-refractivity contribution in [3.8, 4) is 5.69 Å². The molecule has 1 amide bonds. The van der Waals surface area contributed by atoms with E-state index in [-0.39, 0.29) is 30.5 Å². The van der Waals surface area contributed by atoms with Gasteiger partial charge in [-0.1, -0.05) is 0 Å². The normalized spacial score (nSPS) is 10.9. The molecule has 0 aliphatic carbocycles. The van der Waals surface area contributed by atoms with Crippen LogP contribution in [0.3, 0.4) is 0 Å². The number of aromatic nitrogens is 3. The summed E-state index contributed by atoms with van der Waals surface area (Å²) in [4.78, 5) is 15.7. The Labute approximate surface area is 128 Å². The van der Waals surface area contributed by atoms with Gasteiger partial charge in [0.2, 0.25) is 5.91 Å². The van der Waals surface area contributed by atoms with E-state index >= 15 is 0 Å². The predicted octanol–water partition coefficient (Wildman–Crippen LogP) is 1.75. The number of carbonyl (C=O) groups is 1. The molecule has 114 valence electrons. The van der Waals surface area contributed by atoms with Crippen molar-refractivity contribution in [2.24, 2.45) is 11.1 Å². The van der Waals surface area contributed by atoms with Gasteiger partial charge in [-0.15, -0.1) is 12.4 Å². The van der Waals surface area contributed by atoms with Gasteiger partial charge in [0, 0.05) is 12.2 Å². The van der Waals surface area contributed by atoms with E-state index in [4.69, 9.17) is 5.73 Å². The van der Waals surface area contributed by atoms with E-state index in [2.05, 4.69) is 15.4 Å². The Balaban J connectivity index is 0.00000220. The molecule has 0 atom stereocenters. The van der Waals surface area contributed by atoms with Gasteiger partial charge in [-0.05, 0) is 32.0 Å². The van der Waals surface area contributed by atoms with E-state index in [0.29, 0.717) is 5.69 Å². The number of nitrogens with one attached hydrogen (secondary N) is 1. The monoisotopic (exact) mass is 313 g/mol. The third kappa shape index (κ3) is 3.77. The summed E-state index contributed by atoms with van der Waals surface area (Å²) in [6.07, 6.45) is 2.72. The highest BCUT2D eigenvalue weighted by molar-refractivity contribution is 5.95. The van der Waals surface area contributed by atoms with Crippen LogP contribution >= 0.6 is 12.4 Å². The smallest absolute Gasteiger partial charge is 0.231 e. The Morgan fingerprint density at radius 3 is 2.71 bits per heavy atom. The van der Waals surface area contributed by atoms with Gasteiger partial charge >= 0.3 is 0 Å². The summed E-state index contributed by atoms with van der Waals surface area (Å²) in [5.41, 5.74) is 5.45. The van der Waals surface area contributed by atoms with Crippen LogP contribution in [0.4, 0.5) is 10.1 Å². The number of carbonyl (C=O) groups excluding carboxylic acids is 1. The lowest BCUT2D eigenvalue weighted by molar-refractivity contribution is -0.123. The zero-order valence-electron chi connectivity index (χ0n) is 11.7. The Hall–Kier alpha value is -1.99. The number of halogens is 2. The zero-order valence-corrected chi connectivity index (χ0v) is 12.5. The van der Waals surface area contributed by atoms with Gasteiger partial charge in [-0.2, -0.15) is 5.10 Å². The molecule has 2 aromatic rings. The number of hydrogen-bond acceptors (Lipinski definition) is 4. The second-order valence-electron chi connectivity index (χ2n) is 5.05. The fourth-order valence-electron chi connectivity index (χ4n) is 1.50. The predicted molar refractivity (Wildman–Crippen MR) is 80.0 cm³/mol. The van der Waals surface area contributed by atoms with Crippen LogP contribution in [0.1, 0.15) is 13.8 Å². The first-order valence-electron chi connectivity index (χ1n) is 6.10. The highest BCUT2D eigenvalue weighted by atomic mass is 35.5. The largest absolute Gasteiger partial charge is 0.329 e. The number of amides is 1. The molecule has 0 radical (unpaired) electrons. The van der Waals surface area contributed by atoms with Gasteiger partial charge in [-0.25, -0.2) is 14.1 Å². The summed E-state index contributed by atoms with van der Waals surface area (Å²) >= 11 is 0. The summed E-state index contributed by atoms with van der Waals surface area (Å²) < 4.78 is 15.3. The summed E-state index contributed by atoms with van der Waals surface area (Å²) in [5, 5.41) is 6.49. The molecule has 6 nitrogen and oxygen atoms in total. The summed E-state index contributed by atoms with van der Waals surface area (Å²) in [5.74, 6) is -0.758. The van der Waals surface area contributed by atoms with Crippen molar-refractivity contribution in [2.45, 2.75) is 13.8 Å². The van der Waals surface area contributed by atoms with Crippen molar-refractivity contribution in [3.05, 3.63) is 36.7 Å². The molecule has 1 aromatic heterocycles. The number of nitrogens with zero attached hydrogens (tertiary/aromatic N) is 3. The van der Waals surface area contributed by atoms with Crippen LogP contribution in [0.25, 0.3) is 5.69 Å². The third-order valence-corrected chi connectivity index (χ3v) is 3.00. The molecule has 0 unspecified atom stereocenters. The molecule has 0 saturated carbocycles. The van der Waals surface area contributed by atoms with Gasteiger partial charge in [0.25, 0.3) is 0 Å². The Morgan fingerprint density at radius 2 is 2.19 bits per heavy atom. The van der Waals surface area contributed by atoms with Gasteiger partial charge < -0.3 is 11.1 Å². The third-order valence-electron chi connectivity index (χ3n) is 3.00. The molecule has 0 bridgehead atoms. The first kappa shape index (κ1) is 17.1. The quantitative estimate of drug-likeness (QED) is 0.900. The Bertz CT molecular complexity index is 615. The van der Waals surface area contributed by atoms with Crippen molar-refractivity contribution in [1.29, 1.82) is 0 Å². The van der Waals surface area contributed by atoms with E-state index in [9.17, 15) is 9.18 Å². The van der Waals surface area contributed by atoms with Crippen LogP contribution in [0, 0.1) is 11.2 Å².